The molecule has 136 valence electrons. The second-order valence-electron chi connectivity index (χ2n) is 5.70. The van der Waals surface area contributed by atoms with Crippen molar-refractivity contribution in [1.82, 2.24) is 4.98 Å². The molecule has 3 rings (SSSR count). The summed E-state index contributed by atoms with van der Waals surface area (Å²) < 4.78 is 43.7. The van der Waals surface area contributed by atoms with Gasteiger partial charge in [0.2, 0.25) is 0 Å². The van der Waals surface area contributed by atoms with Crippen LogP contribution in [0.1, 0.15) is 21.7 Å². The number of nitrogens with zero attached hydrogens (tertiary/aromatic N) is 1. The van der Waals surface area contributed by atoms with E-state index in [-0.39, 0.29) is 6.61 Å². The summed E-state index contributed by atoms with van der Waals surface area (Å²) in [5, 5.41) is 9.81. The van der Waals surface area contributed by atoms with E-state index in [4.69, 9.17) is 9.84 Å². The van der Waals surface area contributed by atoms with Crippen LogP contribution in [0.3, 0.4) is 0 Å². The lowest BCUT2D eigenvalue weighted by Crippen LogP contribution is -2.03. The number of halogens is 3. The third kappa shape index (κ3) is 4.23. The number of thiazole rings is 1. The predicted molar refractivity (Wildman–Crippen MR) is 94.0 cm³/mol. The second-order valence-corrected chi connectivity index (χ2v) is 6.78. The van der Waals surface area contributed by atoms with E-state index >= 15 is 0 Å². The number of rotatable bonds is 5. The van der Waals surface area contributed by atoms with Crippen molar-refractivity contribution in [3.63, 3.8) is 0 Å². The number of ether oxygens (including phenoxy) is 1. The molecule has 3 nitrogen and oxygen atoms in total. The highest BCUT2D eigenvalue weighted by Gasteiger charge is 2.30. The highest BCUT2D eigenvalue weighted by molar-refractivity contribution is 7.15. The lowest BCUT2D eigenvalue weighted by atomic mass is 10.1. The summed E-state index contributed by atoms with van der Waals surface area (Å²) in [6.07, 6.45) is -4.35. The van der Waals surface area contributed by atoms with Crippen molar-refractivity contribution in [3.8, 4) is 16.3 Å². The van der Waals surface area contributed by atoms with E-state index in [9.17, 15) is 13.2 Å². The van der Waals surface area contributed by atoms with Gasteiger partial charge in [0.25, 0.3) is 0 Å². The van der Waals surface area contributed by atoms with Gasteiger partial charge in [0, 0.05) is 5.56 Å². The first-order valence-electron chi connectivity index (χ1n) is 7.83. The van der Waals surface area contributed by atoms with Crippen molar-refractivity contribution in [3.05, 3.63) is 70.2 Å². The van der Waals surface area contributed by atoms with Gasteiger partial charge in [-0.25, -0.2) is 4.98 Å². The first-order chi connectivity index (χ1) is 12.4. The fourth-order valence-electron chi connectivity index (χ4n) is 2.37. The van der Waals surface area contributed by atoms with Crippen LogP contribution in [0.5, 0.6) is 5.75 Å². The van der Waals surface area contributed by atoms with Crippen LogP contribution in [0.15, 0.2) is 48.5 Å². The molecule has 1 N–H and O–H groups in total. The van der Waals surface area contributed by atoms with Crippen LogP contribution in [0, 0.1) is 6.92 Å². The van der Waals surface area contributed by atoms with Crippen LogP contribution in [0.4, 0.5) is 13.2 Å². The number of alkyl halides is 3. The Morgan fingerprint density at radius 1 is 1.12 bits per heavy atom. The van der Waals surface area contributed by atoms with Crippen molar-refractivity contribution in [2.75, 3.05) is 0 Å². The molecular weight excluding hydrogens is 363 g/mol. The van der Waals surface area contributed by atoms with Crippen molar-refractivity contribution in [1.29, 1.82) is 0 Å². The topological polar surface area (TPSA) is 42.4 Å². The van der Waals surface area contributed by atoms with Crippen molar-refractivity contribution >= 4 is 11.3 Å². The highest BCUT2D eigenvalue weighted by Crippen LogP contribution is 2.33. The molecule has 0 amide bonds. The molecule has 0 spiro atoms. The van der Waals surface area contributed by atoms with E-state index in [1.54, 1.807) is 24.3 Å². The number of hydrogen-bond donors (Lipinski definition) is 1. The molecule has 1 aromatic heterocycles. The summed E-state index contributed by atoms with van der Waals surface area (Å²) in [7, 11) is 0. The summed E-state index contributed by atoms with van der Waals surface area (Å²) in [5.41, 5.74) is 1.50. The molecule has 0 aliphatic rings. The van der Waals surface area contributed by atoms with Crippen molar-refractivity contribution in [2.45, 2.75) is 26.3 Å². The van der Waals surface area contributed by atoms with Gasteiger partial charge >= 0.3 is 6.18 Å². The van der Waals surface area contributed by atoms with E-state index in [1.165, 1.54) is 23.5 Å². The Morgan fingerprint density at radius 2 is 1.85 bits per heavy atom. The van der Waals surface area contributed by atoms with Crippen LogP contribution in [-0.4, -0.2) is 10.1 Å². The molecule has 0 aliphatic heterocycles. The summed E-state index contributed by atoms with van der Waals surface area (Å²) in [4.78, 5) is 5.33. The van der Waals surface area contributed by atoms with Gasteiger partial charge in [-0.15, -0.1) is 11.3 Å². The summed E-state index contributed by atoms with van der Waals surface area (Å²) in [6, 6.07) is 12.1. The van der Waals surface area contributed by atoms with Gasteiger partial charge in [-0.3, -0.25) is 0 Å². The monoisotopic (exact) mass is 379 g/mol. The molecule has 0 saturated heterocycles. The Morgan fingerprint density at radius 3 is 2.50 bits per heavy atom. The fourth-order valence-corrected chi connectivity index (χ4v) is 3.35. The average Bonchev–Trinajstić information content (AvgIpc) is 3.00. The van der Waals surface area contributed by atoms with Crippen LogP contribution >= 0.6 is 11.3 Å². The van der Waals surface area contributed by atoms with Crippen LogP contribution in [0.25, 0.3) is 10.6 Å². The maximum absolute atomic E-state index is 12.7. The van der Waals surface area contributed by atoms with Crippen LogP contribution in [0.2, 0.25) is 0 Å². The zero-order valence-corrected chi connectivity index (χ0v) is 14.7. The molecule has 3 aromatic rings. The molecule has 0 bridgehead atoms. The van der Waals surface area contributed by atoms with Gasteiger partial charge < -0.3 is 9.84 Å². The molecule has 0 saturated carbocycles. The van der Waals surface area contributed by atoms with Gasteiger partial charge in [-0.05, 0) is 36.8 Å². The third-order valence-corrected chi connectivity index (χ3v) is 4.98. The fraction of sp³-hybridized carbons (Fsp3) is 0.211. The number of hydrogen-bond acceptors (Lipinski definition) is 4. The van der Waals surface area contributed by atoms with E-state index in [2.05, 4.69) is 4.98 Å². The van der Waals surface area contributed by atoms with Crippen LogP contribution < -0.4 is 4.74 Å². The predicted octanol–water partition coefficient (Wildman–Crippen LogP) is 5.21. The molecule has 2 aromatic carbocycles. The first kappa shape index (κ1) is 18.4. The summed E-state index contributed by atoms with van der Waals surface area (Å²) in [6.45, 7) is 2.08. The second kappa shape index (κ2) is 7.47. The minimum atomic E-state index is -4.35. The standard InChI is InChI=1S/C19H16F3NO2S/c1-12-17(11-25-16-4-2-3-13(9-16)10-24)26-18(23-12)14-5-7-15(8-6-14)19(20,21)22/h2-9,24H,10-11H2,1H3. The van der Waals surface area contributed by atoms with E-state index in [0.717, 1.165) is 28.3 Å². The highest BCUT2D eigenvalue weighted by atomic mass is 32.1. The Bertz CT molecular complexity index is 889. The van der Waals surface area contributed by atoms with Gasteiger partial charge in [0.1, 0.15) is 17.4 Å². The van der Waals surface area contributed by atoms with Crippen molar-refractivity contribution < 1.29 is 23.0 Å². The lowest BCUT2D eigenvalue weighted by molar-refractivity contribution is -0.137. The molecule has 0 fully saturated rings. The molecule has 0 aliphatic carbocycles. The molecule has 7 heteroatoms. The molecule has 0 atom stereocenters. The quantitative estimate of drug-likeness (QED) is 0.662. The summed E-state index contributed by atoms with van der Waals surface area (Å²) >= 11 is 1.39. The number of aromatic nitrogens is 1. The normalized spacial score (nSPS) is 11.6. The van der Waals surface area contributed by atoms with E-state index in [1.807, 2.05) is 6.92 Å². The number of benzene rings is 2. The zero-order valence-electron chi connectivity index (χ0n) is 13.9. The third-order valence-electron chi connectivity index (χ3n) is 3.80. The SMILES string of the molecule is Cc1nc(-c2ccc(C(F)(F)F)cc2)sc1COc1cccc(CO)c1. The molecule has 0 unspecified atom stereocenters. The first-order valence-corrected chi connectivity index (χ1v) is 8.65. The number of aliphatic hydroxyl groups excluding tert-OH is 1. The van der Waals surface area contributed by atoms with Gasteiger partial charge in [-0.2, -0.15) is 13.2 Å². The minimum Gasteiger partial charge on any atom is -0.488 e. The Kier molecular flexibility index (Phi) is 5.29. The minimum absolute atomic E-state index is 0.0607. The smallest absolute Gasteiger partial charge is 0.416 e. The maximum Gasteiger partial charge on any atom is 0.416 e. The van der Waals surface area contributed by atoms with E-state index in [0.29, 0.717) is 22.9 Å². The van der Waals surface area contributed by atoms with Gasteiger partial charge in [0.05, 0.1) is 22.7 Å². The van der Waals surface area contributed by atoms with Crippen molar-refractivity contribution in [2.24, 2.45) is 0 Å². The van der Waals surface area contributed by atoms with Gasteiger partial charge in [0.15, 0.2) is 0 Å². The number of aryl methyl sites for hydroxylation is 1. The zero-order chi connectivity index (χ0) is 18.7. The molecule has 0 radical (unpaired) electrons. The number of aliphatic hydroxyl groups is 1. The summed E-state index contributed by atoms with van der Waals surface area (Å²) in [5.74, 6) is 0.639. The Hall–Kier alpha value is -2.38. The van der Waals surface area contributed by atoms with Gasteiger partial charge in [-0.1, -0.05) is 24.3 Å². The maximum atomic E-state index is 12.7. The molecular formula is C19H16F3NO2S. The molecule has 1 heterocycles. The Labute approximate surface area is 152 Å². The van der Waals surface area contributed by atoms with Crippen LogP contribution in [-0.2, 0) is 19.4 Å². The average molecular weight is 379 g/mol. The van der Waals surface area contributed by atoms with E-state index < -0.39 is 11.7 Å². The Balaban J connectivity index is 1.74. The lowest BCUT2D eigenvalue weighted by Gasteiger charge is -2.06. The molecule has 26 heavy (non-hydrogen) atoms. The largest absolute Gasteiger partial charge is 0.488 e.